The standard InChI is InChI=1S/C26H23N5O/c1-16-14-32-25-8-7-21(10-23(16)25)24-11-26(31-18(3)30-24)29-17(2)19-5-4-6-20(9-19)22-12-27-15-28-13-22/h4-15,17H,1-3H3,(H,29,30,31). The lowest BCUT2D eigenvalue weighted by Crippen LogP contribution is -2.09. The van der Waals surface area contributed by atoms with Gasteiger partial charge in [-0.15, -0.1) is 0 Å². The topological polar surface area (TPSA) is 76.7 Å². The Labute approximate surface area is 186 Å². The predicted molar refractivity (Wildman–Crippen MR) is 126 cm³/mol. The molecule has 0 saturated carbocycles. The van der Waals surface area contributed by atoms with Crippen molar-refractivity contribution in [3.05, 3.63) is 90.5 Å². The Bertz CT molecular complexity index is 1390. The van der Waals surface area contributed by atoms with Crippen molar-refractivity contribution in [3.8, 4) is 22.4 Å². The molecule has 6 heteroatoms. The second-order valence-electron chi connectivity index (χ2n) is 7.93. The highest BCUT2D eigenvalue weighted by Crippen LogP contribution is 2.29. The summed E-state index contributed by atoms with van der Waals surface area (Å²) >= 11 is 0. The smallest absolute Gasteiger partial charge is 0.134 e. The number of hydrogen-bond acceptors (Lipinski definition) is 6. The van der Waals surface area contributed by atoms with Gasteiger partial charge in [0.25, 0.3) is 0 Å². The highest BCUT2D eigenvalue weighted by Gasteiger charge is 2.12. The van der Waals surface area contributed by atoms with E-state index in [0.29, 0.717) is 0 Å². The molecule has 1 N–H and O–H groups in total. The fraction of sp³-hybridized carbons (Fsp3) is 0.154. The maximum Gasteiger partial charge on any atom is 0.134 e. The van der Waals surface area contributed by atoms with Crippen LogP contribution in [0.5, 0.6) is 0 Å². The molecule has 0 radical (unpaired) electrons. The van der Waals surface area contributed by atoms with E-state index in [1.165, 1.54) is 6.33 Å². The molecular weight excluding hydrogens is 398 g/mol. The Morgan fingerprint density at radius 2 is 1.72 bits per heavy atom. The molecule has 6 nitrogen and oxygen atoms in total. The summed E-state index contributed by atoms with van der Waals surface area (Å²) in [5.41, 5.74) is 7.14. The zero-order valence-corrected chi connectivity index (χ0v) is 18.2. The minimum atomic E-state index is 0.0559. The van der Waals surface area contributed by atoms with Crippen LogP contribution in [0.4, 0.5) is 5.82 Å². The number of nitrogens with zero attached hydrogens (tertiary/aromatic N) is 4. The average molecular weight is 422 g/mol. The van der Waals surface area contributed by atoms with Gasteiger partial charge in [-0.3, -0.25) is 0 Å². The summed E-state index contributed by atoms with van der Waals surface area (Å²) in [6.07, 6.45) is 6.97. The van der Waals surface area contributed by atoms with Crippen molar-refractivity contribution in [1.82, 2.24) is 19.9 Å². The van der Waals surface area contributed by atoms with Gasteiger partial charge in [0, 0.05) is 41.0 Å². The van der Waals surface area contributed by atoms with Crippen molar-refractivity contribution in [1.29, 1.82) is 0 Å². The summed E-state index contributed by atoms with van der Waals surface area (Å²) in [5.74, 6) is 1.51. The molecule has 3 heterocycles. The van der Waals surface area contributed by atoms with Crippen molar-refractivity contribution in [2.45, 2.75) is 26.8 Å². The van der Waals surface area contributed by atoms with Crippen molar-refractivity contribution >= 4 is 16.8 Å². The molecule has 1 atom stereocenters. The SMILES string of the molecule is Cc1nc(NC(C)c2cccc(-c3cncnc3)c2)cc(-c2ccc3occ(C)c3c2)n1. The second-order valence-corrected chi connectivity index (χ2v) is 7.93. The molecule has 0 aliphatic carbocycles. The molecule has 0 amide bonds. The summed E-state index contributed by atoms with van der Waals surface area (Å²) < 4.78 is 5.58. The van der Waals surface area contributed by atoms with Crippen LogP contribution in [0, 0.1) is 13.8 Å². The number of benzene rings is 2. The maximum atomic E-state index is 5.58. The average Bonchev–Trinajstić information content (AvgIpc) is 3.19. The van der Waals surface area contributed by atoms with Crippen molar-refractivity contribution < 1.29 is 4.42 Å². The quantitative estimate of drug-likeness (QED) is 0.367. The number of nitrogens with one attached hydrogen (secondary N) is 1. The van der Waals surface area contributed by atoms with E-state index in [1.54, 1.807) is 6.26 Å². The third kappa shape index (κ3) is 3.95. The van der Waals surface area contributed by atoms with E-state index < -0.39 is 0 Å². The van der Waals surface area contributed by atoms with Gasteiger partial charge in [0.2, 0.25) is 0 Å². The monoisotopic (exact) mass is 421 g/mol. The zero-order chi connectivity index (χ0) is 22.1. The summed E-state index contributed by atoms with van der Waals surface area (Å²) in [7, 11) is 0. The number of rotatable bonds is 5. The molecule has 5 rings (SSSR count). The number of aryl methyl sites for hydroxylation is 2. The van der Waals surface area contributed by atoms with E-state index in [0.717, 1.165) is 56.1 Å². The van der Waals surface area contributed by atoms with Crippen LogP contribution in [0.2, 0.25) is 0 Å². The van der Waals surface area contributed by atoms with Gasteiger partial charge in [0.15, 0.2) is 0 Å². The van der Waals surface area contributed by atoms with Crippen LogP contribution in [0.3, 0.4) is 0 Å². The first-order valence-electron chi connectivity index (χ1n) is 10.5. The van der Waals surface area contributed by atoms with Crippen LogP contribution >= 0.6 is 0 Å². The van der Waals surface area contributed by atoms with E-state index in [1.807, 2.05) is 44.4 Å². The first kappa shape index (κ1) is 19.9. The Morgan fingerprint density at radius 1 is 0.875 bits per heavy atom. The van der Waals surface area contributed by atoms with Crippen LogP contribution in [0.15, 0.2) is 77.9 Å². The predicted octanol–water partition coefficient (Wildman–Crippen LogP) is 6.14. The first-order valence-corrected chi connectivity index (χ1v) is 10.5. The summed E-state index contributed by atoms with van der Waals surface area (Å²) in [5, 5.41) is 4.63. The summed E-state index contributed by atoms with van der Waals surface area (Å²) in [4.78, 5) is 17.5. The van der Waals surface area contributed by atoms with Gasteiger partial charge in [-0.1, -0.05) is 18.2 Å². The highest BCUT2D eigenvalue weighted by atomic mass is 16.3. The van der Waals surface area contributed by atoms with E-state index in [2.05, 4.69) is 62.5 Å². The minimum Gasteiger partial charge on any atom is -0.464 e. The third-order valence-electron chi connectivity index (χ3n) is 5.55. The molecule has 0 saturated heterocycles. The van der Waals surface area contributed by atoms with Gasteiger partial charge < -0.3 is 9.73 Å². The van der Waals surface area contributed by atoms with Gasteiger partial charge in [0.05, 0.1) is 12.0 Å². The lowest BCUT2D eigenvalue weighted by atomic mass is 10.0. The van der Waals surface area contributed by atoms with Gasteiger partial charge >= 0.3 is 0 Å². The van der Waals surface area contributed by atoms with E-state index in [4.69, 9.17) is 4.42 Å². The number of fused-ring (bicyclic) bond motifs is 1. The largest absolute Gasteiger partial charge is 0.464 e. The van der Waals surface area contributed by atoms with E-state index >= 15 is 0 Å². The molecule has 0 bridgehead atoms. The molecule has 0 fully saturated rings. The molecule has 0 spiro atoms. The van der Waals surface area contributed by atoms with Gasteiger partial charge in [-0.2, -0.15) is 0 Å². The number of aromatic nitrogens is 4. The lowest BCUT2D eigenvalue weighted by molar-refractivity contribution is 0.613. The summed E-state index contributed by atoms with van der Waals surface area (Å²) in [6.45, 7) is 6.08. The molecule has 5 aromatic rings. The normalized spacial score (nSPS) is 12.1. The van der Waals surface area contributed by atoms with Crippen LogP contribution in [-0.4, -0.2) is 19.9 Å². The van der Waals surface area contributed by atoms with Gasteiger partial charge in [-0.25, -0.2) is 19.9 Å². The van der Waals surface area contributed by atoms with Crippen molar-refractivity contribution in [2.75, 3.05) is 5.32 Å². The van der Waals surface area contributed by atoms with Gasteiger partial charge in [0.1, 0.15) is 23.6 Å². The molecule has 0 aliphatic heterocycles. The Balaban J connectivity index is 1.43. The summed E-state index contributed by atoms with van der Waals surface area (Å²) in [6, 6.07) is 16.6. The Hall–Kier alpha value is -4.06. The van der Waals surface area contributed by atoms with Gasteiger partial charge in [-0.05, 0) is 61.7 Å². The lowest BCUT2D eigenvalue weighted by Gasteiger charge is -2.17. The molecule has 0 aliphatic rings. The number of hydrogen-bond donors (Lipinski definition) is 1. The molecular formula is C26H23N5O. The van der Waals surface area contributed by atoms with Crippen LogP contribution in [-0.2, 0) is 0 Å². The van der Waals surface area contributed by atoms with Crippen LogP contribution < -0.4 is 5.32 Å². The second kappa shape index (κ2) is 8.23. The number of anilines is 1. The Kier molecular flexibility index (Phi) is 5.11. The molecule has 1 unspecified atom stereocenters. The van der Waals surface area contributed by atoms with Crippen LogP contribution in [0.25, 0.3) is 33.4 Å². The van der Waals surface area contributed by atoms with E-state index in [-0.39, 0.29) is 6.04 Å². The van der Waals surface area contributed by atoms with Crippen LogP contribution in [0.1, 0.15) is 29.9 Å². The molecule has 158 valence electrons. The molecule has 3 aromatic heterocycles. The van der Waals surface area contributed by atoms with E-state index in [9.17, 15) is 0 Å². The fourth-order valence-electron chi connectivity index (χ4n) is 3.85. The molecule has 32 heavy (non-hydrogen) atoms. The first-order chi connectivity index (χ1) is 15.6. The van der Waals surface area contributed by atoms with Crippen molar-refractivity contribution in [3.63, 3.8) is 0 Å². The zero-order valence-electron chi connectivity index (χ0n) is 18.2. The third-order valence-corrected chi connectivity index (χ3v) is 5.55. The van der Waals surface area contributed by atoms with Crippen molar-refractivity contribution in [2.24, 2.45) is 0 Å². The highest BCUT2D eigenvalue weighted by molar-refractivity contribution is 5.85. The Morgan fingerprint density at radius 3 is 2.56 bits per heavy atom. The number of furan rings is 1. The fourth-order valence-corrected chi connectivity index (χ4v) is 3.85. The molecule has 2 aromatic carbocycles. The maximum absolute atomic E-state index is 5.58. The minimum absolute atomic E-state index is 0.0559.